The van der Waals surface area contributed by atoms with Crippen LogP contribution in [0, 0.1) is 0 Å². The van der Waals surface area contributed by atoms with Gasteiger partial charge in [0.05, 0.1) is 6.54 Å². The molecule has 4 nitrogen and oxygen atoms in total. The molecule has 12 heavy (non-hydrogen) atoms. The van der Waals surface area contributed by atoms with E-state index in [1.165, 1.54) is 6.42 Å². The molecule has 70 valence electrons. The summed E-state index contributed by atoms with van der Waals surface area (Å²) in [6.45, 7) is 2.44. The molecule has 1 fully saturated rings. The fraction of sp³-hybridized carbons (Fsp3) is 0.875. The summed E-state index contributed by atoms with van der Waals surface area (Å²) in [5.41, 5.74) is 5.03. The topological polar surface area (TPSA) is 67.2 Å². The Morgan fingerprint density at radius 3 is 3.08 bits per heavy atom. The smallest absolute Gasteiger partial charge is 0.231 e. The lowest BCUT2D eigenvalue weighted by molar-refractivity contribution is -0.117. The molecule has 0 aromatic carbocycles. The van der Waals surface area contributed by atoms with E-state index in [9.17, 15) is 4.79 Å². The molecule has 4 N–H and O–H groups in total. The summed E-state index contributed by atoms with van der Waals surface area (Å²) in [5.74, 6) is -0.271. The molecular weight excluding hydrogens is 154 g/mol. The molecule has 1 rings (SSSR count). The van der Waals surface area contributed by atoms with Crippen molar-refractivity contribution in [2.24, 2.45) is 5.73 Å². The van der Waals surface area contributed by atoms with Gasteiger partial charge in [0, 0.05) is 6.04 Å². The predicted molar refractivity (Wildman–Crippen MR) is 47.7 cm³/mol. The lowest BCUT2D eigenvalue weighted by atomic mass is 10.1. The van der Waals surface area contributed by atoms with Crippen molar-refractivity contribution >= 4 is 5.91 Å². The van der Waals surface area contributed by atoms with Gasteiger partial charge in [0.2, 0.25) is 5.91 Å². The monoisotopic (exact) mass is 171 g/mol. The maximum absolute atomic E-state index is 10.5. The number of carbonyl (C=O) groups excluding carboxylic acids is 1. The second kappa shape index (κ2) is 5.11. The van der Waals surface area contributed by atoms with E-state index in [-0.39, 0.29) is 5.91 Å². The van der Waals surface area contributed by atoms with Crippen molar-refractivity contribution in [3.63, 3.8) is 0 Å². The van der Waals surface area contributed by atoms with Crippen LogP contribution in [0.5, 0.6) is 0 Å². The zero-order valence-electron chi connectivity index (χ0n) is 7.31. The Labute approximate surface area is 72.9 Å². The number of rotatable bonds is 3. The summed E-state index contributed by atoms with van der Waals surface area (Å²) < 4.78 is 0. The first-order valence-electron chi connectivity index (χ1n) is 4.51. The number of nitrogens with one attached hydrogen (secondary N) is 2. The van der Waals surface area contributed by atoms with Gasteiger partial charge in [-0.05, 0) is 32.4 Å². The lowest BCUT2D eigenvalue weighted by Crippen LogP contribution is -2.36. The first-order chi connectivity index (χ1) is 5.79. The highest BCUT2D eigenvalue weighted by molar-refractivity contribution is 5.75. The minimum absolute atomic E-state index is 0.271. The van der Waals surface area contributed by atoms with Crippen LogP contribution in [-0.4, -0.2) is 31.6 Å². The molecule has 1 unspecified atom stereocenters. The number of carbonyl (C=O) groups is 1. The molecule has 0 spiro atoms. The molecule has 0 bridgehead atoms. The first-order valence-corrected chi connectivity index (χ1v) is 4.51. The molecule has 1 atom stereocenters. The molecule has 0 aliphatic carbocycles. The normalized spacial score (nSPS) is 24.8. The van der Waals surface area contributed by atoms with Gasteiger partial charge < -0.3 is 16.4 Å². The van der Waals surface area contributed by atoms with Crippen molar-refractivity contribution in [3.8, 4) is 0 Å². The number of nitrogens with two attached hydrogens (primary N) is 1. The van der Waals surface area contributed by atoms with E-state index < -0.39 is 0 Å². The van der Waals surface area contributed by atoms with Crippen LogP contribution in [0.3, 0.4) is 0 Å². The van der Waals surface area contributed by atoms with E-state index in [1.54, 1.807) is 0 Å². The number of hydrogen-bond acceptors (Lipinski definition) is 3. The maximum atomic E-state index is 10.5. The van der Waals surface area contributed by atoms with Gasteiger partial charge in [-0.3, -0.25) is 4.79 Å². The molecule has 0 radical (unpaired) electrons. The van der Waals surface area contributed by atoms with E-state index in [4.69, 9.17) is 5.73 Å². The van der Waals surface area contributed by atoms with E-state index in [0.29, 0.717) is 12.6 Å². The third kappa shape index (κ3) is 3.69. The van der Waals surface area contributed by atoms with Crippen LogP contribution >= 0.6 is 0 Å². The molecule has 1 aliphatic rings. The van der Waals surface area contributed by atoms with Gasteiger partial charge >= 0.3 is 0 Å². The van der Waals surface area contributed by atoms with Crippen molar-refractivity contribution in [1.82, 2.24) is 10.6 Å². The Morgan fingerprint density at radius 1 is 1.50 bits per heavy atom. The van der Waals surface area contributed by atoms with E-state index in [2.05, 4.69) is 10.6 Å². The predicted octanol–water partition coefficient (Wildman–Crippen LogP) is -0.797. The van der Waals surface area contributed by atoms with Crippen LogP contribution in [0.2, 0.25) is 0 Å². The molecule has 0 aromatic rings. The summed E-state index contributed by atoms with van der Waals surface area (Å²) in [7, 11) is 0. The third-order valence-electron chi connectivity index (χ3n) is 2.14. The highest BCUT2D eigenvalue weighted by atomic mass is 16.1. The van der Waals surface area contributed by atoms with Crippen molar-refractivity contribution in [2.75, 3.05) is 19.6 Å². The Hall–Kier alpha value is -0.610. The van der Waals surface area contributed by atoms with Gasteiger partial charge in [0.1, 0.15) is 0 Å². The molecule has 1 heterocycles. The fourth-order valence-electron chi connectivity index (χ4n) is 1.47. The molecule has 4 heteroatoms. The maximum Gasteiger partial charge on any atom is 0.231 e. The Morgan fingerprint density at radius 2 is 2.33 bits per heavy atom. The number of amides is 1. The molecular formula is C8H17N3O. The van der Waals surface area contributed by atoms with Crippen molar-refractivity contribution < 1.29 is 4.79 Å². The summed E-state index contributed by atoms with van der Waals surface area (Å²) in [4.78, 5) is 10.5. The van der Waals surface area contributed by atoms with Crippen molar-refractivity contribution in [3.05, 3.63) is 0 Å². The van der Waals surface area contributed by atoms with Crippen LogP contribution < -0.4 is 16.4 Å². The van der Waals surface area contributed by atoms with Gasteiger partial charge in [0.15, 0.2) is 0 Å². The summed E-state index contributed by atoms with van der Waals surface area (Å²) >= 11 is 0. The average molecular weight is 171 g/mol. The second-order valence-corrected chi connectivity index (χ2v) is 3.23. The van der Waals surface area contributed by atoms with Gasteiger partial charge in [-0.2, -0.15) is 0 Å². The Kier molecular flexibility index (Phi) is 4.04. The summed E-state index contributed by atoms with van der Waals surface area (Å²) in [5, 5.41) is 6.46. The molecule has 1 saturated heterocycles. The summed E-state index contributed by atoms with van der Waals surface area (Å²) in [6.07, 6.45) is 3.41. The zero-order valence-corrected chi connectivity index (χ0v) is 7.31. The highest BCUT2D eigenvalue weighted by Crippen LogP contribution is 2.03. The van der Waals surface area contributed by atoms with Gasteiger partial charge in [-0.1, -0.05) is 0 Å². The lowest BCUT2D eigenvalue weighted by Gasteiger charge is -2.13. The molecule has 0 saturated carbocycles. The largest absolute Gasteiger partial charge is 0.369 e. The molecule has 0 aromatic heterocycles. The average Bonchev–Trinajstić information content (AvgIpc) is 2.28. The molecule has 1 amide bonds. The second-order valence-electron chi connectivity index (χ2n) is 3.23. The first kappa shape index (κ1) is 9.48. The van der Waals surface area contributed by atoms with E-state index in [1.807, 2.05) is 0 Å². The minimum Gasteiger partial charge on any atom is -0.369 e. The fourth-order valence-corrected chi connectivity index (χ4v) is 1.47. The van der Waals surface area contributed by atoms with Crippen LogP contribution in [0.4, 0.5) is 0 Å². The Bertz CT molecular complexity index is 141. The minimum atomic E-state index is -0.271. The van der Waals surface area contributed by atoms with Crippen LogP contribution in [0.25, 0.3) is 0 Å². The SMILES string of the molecule is NC(=O)CNC1CCCNCC1. The highest BCUT2D eigenvalue weighted by Gasteiger charge is 2.10. The third-order valence-corrected chi connectivity index (χ3v) is 2.14. The van der Waals surface area contributed by atoms with Gasteiger partial charge in [-0.25, -0.2) is 0 Å². The van der Waals surface area contributed by atoms with Crippen LogP contribution in [0.1, 0.15) is 19.3 Å². The molecule has 1 aliphatic heterocycles. The van der Waals surface area contributed by atoms with Crippen molar-refractivity contribution in [1.29, 1.82) is 0 Å². The number of hydrogen-bond donors (Lipinski definition) is 3. The van der Waals surface area contributed by atoms with E-state index in [0.717, 1.165) is 25.9 Å². The van der Waals surface area contributed by atoms with Crippen molar-refractivity contribution in [2.45, 2.75) is 25.3 Å². The zero-order chi connectivity index (χ0) is 8.81. The standard InChI is InChI=1S/C8H17N3O/c9-8(12)6-11-7-2-1-4-10-5-3-7/h7,10-11H,1-6H2,(H2,9,12). The van der Waals surface area contributed by atoms with Gasteiger partial charge in [0.25, 0.3) is 0 Å². The van der Waals surface area contributed by atoms with Crippen LogP contribution in [0.15, 0.2) is 0 Å². The summed E-state index contributed by atoms with van der Waals surface area (Å²) in [6, 6.07) is 0.465. The number of primary amides is 1. The van der Waals surface area contributed by atoms with E-state index >= 15 is 0 Å². The van der Waals surface area contributed by atoms with Gasteiger partial charge in [-0.15, -0.1) is 0 Å². The quantitative estimate of drug-likeness (QED) is 0.521. The van der Waals surface area contributed by atoms with Crippen LogP contribution in [-0.2, 0) is 4.79 Å². The Balaban J connectivity index is 2.16.